The summed E-state index contributed by atoms with van der Waals surface area (Å²) in [6.45, 7) is 3.02. The van der Waals surface area contributed by atoms with Gasteiger partial charge in [-0.15, -0.1) is 0 Å². The maximum absolute atomic E-state index is 14.8. The molecule has 4 aromatic rings. The number of nitrogens with zero attached hydrogens (tertiary/aromatic N) is 2. The third kappa shape index (κ3) is 9.37. The molecule has 1 aliphatic carbocycles. The van der Waals surface area contributed by atoms with Crippen LogP contribution in [0.4, 0.5) is 5.69 Å². The van der Waals surface area contributed by atoms with Crippen molar-refractivity contribution in [1.82, 2.24) is 10.2 Å². The van der Waals surface area contributed by atoms with Crippen molar-refractivity contribution in [2.75, 3.05) is 10.8 Å². The molecule has 0 saturated heterocycles. The molecular formula is C38H40Cl3N3O4S. The molecule has 49 heavy (non-hydrogen) atoms. The number of rotatable bonds is 12. The summed E-state index contributed by atoms with van der Waals surface area (Å²) in [6, 6.07) is 24.7. The smallest absolute Gasteiger partial charge is 0.264 e. The fraction of sp³-hybridized carbons (Fsp3) is 0.316. The molecule has 0 spiro atoms. The van der Waals surface area contributed by atoms with Gasteiger partial charge in [0.25, 0.3) is 10.0 Å². The highest BCUT2D eigenvalue weighted by atomic mass is 35.5. The second-order valence-corrected chi connectivity index (χ2v) is 15.7. The van der Waals surface area contributed by atoms with Crippen LogP contribution in [-0.2, 0) is 32.6 Å². The van der Waals surface area contributed by atoms with Gasteiger partial charge in [0.1, 0.15) is 12.6 Å². The second kappa shape index (κ2) is 16.4. The summed E-state index contributed by atoms with van der Waals surface area (Å²) in [5, 5.41) is 4.31. The molecule has 0 heterocycles. The van der Waals surface area contributed by atoms with Crippen molar-refractivity contribution in [1.29, 1.82) is 0 Å². The van der Waals surface area contributed by atoms with Crippen LogP contribution in [0.25, 0.3) is 0 Å². The van der Waals surface area contributed by atoms with E-state index in [1.807, 2.05) is 44.2 Å². The van der Waals surface area contributed by atoms with Crippen LogP contribution < -0.4 is 9.62 Å². The van der Waals surface area contributed by atoms with Crippen LogP contribution in [0.15, 0.2) is 95.9 Å². The number of anilines is 1. The summed E-state index contributed by atoms with van der Waals surface area (Å²) < 4.78 is 29.7. The number of benzene rings is 4. The summed E-state index contributed by atoms with van der Waals surface area (Å²) in [5.41, 5.74) is 3.28. The average molecular weight is 741 g/mol. The number of nitrogens with one attached hydrogen (secondary N) is 1. The number of carbonyl (C=O) groups is 2. The molecule has 1 saturated carbocycles. The number of aryl methyl sites for hydroxylation is 2. The Morgan fingerprint density at radius 1 is 0.837 bits per heavy atom. The predicted molar refractivity (Wildman–Crippen MR) is 198 cm³/mol. The number of halogens is 3. The topological polar surface area (TPSA) is 86.8 Å². The highest BCUT2D eigenvalue weighted by Gasteiger charge is 2.36. The minimum absolute atomic E-state index is 0.0105. The van der Waals surface area contributed by atoms with Gasteiger partial charge < -0.3 is 10.2 Å². The lowest BCUT2D eigenvalue weighted by molar-refractivity contribution is -0.140. The molecule has 258 valence electrons. The van der Waals surface area contributed by atoms with E-state index >= 15 is 0 Å². The molecule has 1 atom stereocenters. The number of hydrogen-bond donors (Lipinski definition) is 1. The van der Waals surface area contributed by atoms with Crippen LogP contribution >= 0.6 is 34.8 Å². The van der Waals surface area contributed by atoms with Gasteiger partial charge >= 0.3 is 0 Å². The van der Waals surface area contributed by atoms with Crippen LogP contribution in [0.3, 0.4) is 0 Å². The lowest BCUT2D eigenvalue weighted by atomic mass is 9.94. The van der Waals surface area contributed by atoms with Crippen molar-refractivity contribution in [3.05, 3.63) is 128 Å². The number of sulfonamides is 1. The molecule has 7 nitrogen and oxygen atoms in total. The molecule has 1 N–H and O–H groups in total. The van der Waals surface area contributed by atoms with Crippen LogP contribution in [0.2, 0.25) is 15.1 Å². The van der Waals surface area contributed by atoms with E-state index in [0.29, 0.717) is 20.6 Å². The first kappa shape index (κ1) is 36.7. The van der Waals surface area contributed by atoms with E-state index < -0.39 is 28.5 Å². The summed E-state index contributed by atoms with van der Waals surface area (Å²) >= 11 is 19.3. The van der Waals surface area contributed by atoms with Gasteiger partial charge in [0.05, 0.1) is 10.6 Å². The summed E-state index contributed by atoms with van der Waals surface area (Å²) in [7, 11) is -4.26. The maximum Gasteiger partial charge on any atom is 0.264 e. The molecule has 1 fully saturated rings. The maximum atomic E-state index is 14.8. The normalized spacial score (nSPS) is 14.2. The van der Waals surface area contributed by atoms with Gasteiger partial charge in [0, 0.05) is 34.1 Å². The molecule has 2 amide bonds. The fourth-order valence-corrected chi connectivity index (χ4v) is 8.08. The van der Waals surface area contributed by atoms with Crippen LogP contribution in [-0.4, -0.2) is 43.8 Å². The lowest BCUT2D eigenvalue weighted by Crippen LogP contribution is -2.55. The van der Waals surface area contributed by atoms with E-state index in [1.165, 1.54) is 23.1 Å². The minimum Gasteiger partial charge on any atom is -0.352 e. The molecule has 4 aromatic carbocycles. The molecule has 0 bridgehead atoms. The molecule has 0 radical (unpaired) electrons. The van der Waals surface area contributed by atoms with Gasteiger partial charge in [-0.25, -0.2) is 8.42 Å². The van der Waals surface area contributed by atoms with Crippen LogP contribution in [0.1, 0.15) is 54.4 Å². The van der Waals surface area contributed by atoms with E-state index in [9.17, 15) is 18.0 Å². The van der Waals surface area contributed by atoms with Crippen molar-refractivity contribution >= 4 is 62.3 Å². The number of carbonyl (C=O) groups excluding carboxylic acids is 2. The van der Waals surface area contributed by atoms with Gasteiger partial charge in [-0.2, -0.15) is 0 Å². The molecule has 1 unspecified atom stereocenters. The highest BCUT2D eigenvalue weighted by molar-refractivity contribution is 7.92. The first-order chi connectivity index (χ1) is 23.4. The summed E-state index contributed by atoms with van der Waals surface area (Å²) in [4.78, 5) is 30.5. The lowest BCUT2D eigenvalue weighted by Gasteiger charge is -2.35. The first-order valence-corrected chi connectivity index (χ1v) is 18.9. The van der Waals surface area contributed by atoms with Gasteiger partial charge in [-0.1, -0.05) is 114 Å². The standard InChI is InChI=1S/C38H40Cl3N3O4S/c1-26-13-19-33(20-14-26)49(47,48)44(32-18-15-27(2)34(40)23-32)25-37(45)43(24-29-16-17-30(39)22-35(29)41)36(21-28-9-5-3-6-10-28)38(46)42-31-11-7-4-8-12-31/h3,5-6,9-10,13-20,22-23,31,36H,4,7-8,11-12,21,24-25H2,1-2H3,(H,42,46). The predicted octanol–water partition coefficient (Wildman–Crippen LogP) is 8.55. The van der Waals surface area contributed by atoms with E-state index in [0.717, 1.165) is 53.1 Å². The Morgan fingerprint density at radius 2 is 1.53 bits per heavy atom. The van der Waals surface area contributed by atoms with Crippen molar-refractivity contribution in [3.63, 3.8) is 0 Å². The Morgan fingerprint density at radius 3 is 2.18 bits per heavy atom. The molecule has 0 aliphatic heterocycles. The summed E-state index contributed by atoms with van der Waals surface area (Å²) in [5.74, 6) is -0.890. The minimum atomic E-state index is -4.26. The average Bonchev–Trinajstić information content (AvgIpc) is 3.08. The van der Waals surface area contributed by atoms with E-state index in [-0.39, 0.29) is 35.5 Å². The molecule has 5 rings (SSSR count). The van der Waals surface area contributed by atoms with Gasteiger partial charge in [0.2, 0.25) is 11.8 Å². The van der Waals surface area contributed by atoms with Crippen molar-refractivity contribution in [2.45, 2.75) is 75.9 Å². The Hall–Kier alpha value is -3.56. The summed E-state index contributed by atoms with van der Waals surface area (Å²) in [6.07, 6.45) is 5.07. The SMILES string of the molecule is Cc1ccc(S(=O)(=O)N(CC(=O)N(Cc2ccc(Cl)cc2Cl)C(Cc2ccccc2)C(=O)NC2CCCCC2)c2ccc(C)c(Cl)c2)cc1. The number of hydrogen-bond acceptors (Lipinski definition) is 4. The zero-order valence-corrected chi connectivity index (χ0v) is 30.6. The number of amides is 2. The Kier molecular flexibility index (Phi) is 12.3. The quantitative estimate of drug-likeness (QED) is 0.158. The zero-order chi connectivity index (χ0) is 35.1. The second-order valence-electron chi connectivity index (χ2n) is 12.6. The molecule has 0 aromatic heterocycles. The molecular weight excluding hydrogens is 701 g/mol. The third-order valence-electron chi connectivity index (χ3n) is 8.91. The van der Waals surface area contributed by atoms with E-state index in [1.54, 1.807) is 42.5 Å². The van der Waals surface area contributed by atoms with Gasteiger partial charge in [0.15, 0.2) is 0 Å². The van der Waals surface area contributed by atoms with Gasteiger partial charge in [-0.05, 0) is 79.8 Å². The van der Waals surface area contributed by atoms with Gasteiger partial charge in [-0.3, -0.25) is 13.9 Å². The van der Waals surface area contributed by atoms with Crippen molar-refractivity contribution in [3.8, 4) is 0 Å². The molecule has 11 heteroatoms. The highest BCUT2D eigenvalue weighted by Crippen LogP contribution is 2.30. The Labute approximate surface area is 304 Å². The fourth-order valence-electron chi connectivity index (χ4n) is 6.03. The first-order valence-electron chi connectivity index (χ1n) is 16.4. The largest absolute Gasteiger partial charge is 0.352 e. The van der Waals surface area contributed by atoms with Crippen molar-refractivity contribution in [2.24, 2.45) is 0 Å². The van der Waals surface area contributed by atoms with Crippen LogP contribution in [0.5, 0.6) is 0 Å². The van der Waals surface area contributed by atoms with Crippen LogP contribution in [0, 0.1) is 13.8 Å². The Balaban J connectivity index is 1.59. The third-order valence-corrected chi connectivity index (χ3v) is 11.7. The monoisotopic (exact) mass is 739 g/mol. The Bertz CT molecular complexity index is 1880. The van der Waals surface area contributed by atoms with E-state index in [2.05, 4.69) is 5.32 Å². The van der Waals surface area contributed by atoms with E-state index in [4.69, 9.17) is 34.8 Å². The zero-order valence-electron chi connectivity index (χ0n) is 27.5. The molecule has 1 aliphatic rings. The van der Waals surface area contributed by atoms with Crippen molar-refractivity contribution < 1.29 is 18.0 Å².